The van der Waals surface area contributed by atoms with Gasteiger partial charge in [-0.15, -0.1) is 0 Å². The van der Waals surface area contributed by atoms with Crippen molar-refractivity contribution in [1.82, 2.24) is 0 Å². The molecular formula is C10H15N. The van der Waals surface area contributed by atoms with Gasteiger partial charge in [0.2, 0.25) is 0 Å². The average Bonchev–Trinajstić information content (AvgIpc) is 1.78. The Morgan fingerprint density at radius 3 is 1.64 bits per heavy atom. The van der Waals surface area contributed by atoms with Gasteiger partial charge in [0.1, 0.15) is 0 Å². The van der Waals surface area contributed by atoms with E-state index in [-0.39, 0.29) is 0 Å². The molecule has 0 aliphatic heterocycles. The molecule has 0 bridgehead atoms. The average molecular weight is 149 g/mol. The van der Waals surface area contributed by atoms with Gasteiger partial charge in [0.15, 0.2) is 0 Å². The first-order valence-corrected chi connectivity index (χ1v) is 4.81. The van der Waals surface area contributed by atoms with Crippen molar-refractivity contribution in [2.75, 3.05) is 0 Å². The Morgan fingerprint density at radius 1 is 1.00 bits per heavy atom. The topological polar surface area (TPSA) is 23.8 Å². The summed E-state index contributed by atoms with van der Waals surface area (Å²) in [7, 11) is 0. The van der Waals surface area contributed by atoms with Crippen LogP contribution in [0.15, 0.2) is 0 Å². The number of nitriles is 1. The first-order valence-electron chi connectivity index (χ1n) is 4.81. The van der Waals surface area contributed by atoms with Crippen molar-refractivity contribution in [3.63, 3.8) is 0 Å². The molecular weight excluding hydrogens is 134 g/mol. The molecule has 0 N–H and O–H groups in total. The Bertz CT molecular complexity index is 158. The molecule has 2 rings (SSSR count). The van der Waals surface area contributed by atoms with Crippen LogP contribution in [0.4, 0.5) is 0 Å². The van der Waals surface area contributed by atoms with Crippen molar-refractivity contribution in [1.29, 1.82) is 5.26 Å². The van der Waals surface area contributed by atoms with E-state index in [2.05, 4.69) is 6.07 Å². The molecule has 0 saturated heterocycles. The van der Waals surface area contributed by atoms with Crippen molar-refractivity contribution in [2.24, 2.45) is 17.8 Å². The Balaban J connectivity index is 1.90. The molecule has 0 radical (unpaired) electrons. The third-order valence-corrected chi connectivity index (χ3v) is 3.46. The SMILES string of the molecule is N#CC(C1CCC1)C1CCC1. The molecule has 2 fully saturated rings. The van der Waals surface area contributed by atoms with Gasteiger partial charge in [0, 0.05) is 0 Å². The number of nitrogens with zero attached hydrogens (tertiary/aromatic N) is 1. The summed E-state index contributed by atoms with van der Waals surface area (Å²) in [5.74, 6) is 1.99. The smallest absolute Gasteiger partial charge is 0.0661 e. The van der Waals surface area contributed by atoms with Crippen LogP contribution >= 0.6 is 0 Å². The molecule has 0 aromatic rings. The van der Waals surface area contributed by atoms with Crippen LogP contribution in [0, 0.1) is 29.1 Å². The van der Waals surface area contributed by atoms with E-state index >= 15 is 0 Å². The standard InChI is InChI=1S/C10H15N/c11-7-10(8-3-1-4-8)9-5-2-6-9/h8-10H,1-6H2. The highest BCUT2D eigenvalue weighted by molar-refractivity contribution is 4.97. The monoisotopic (exact) mass is 149 g/mol. The summed E-state index contributed by atoms with van der Waals surface area (Å²) in [5.41, 5.74) is 0. The van der Waals surface area contributed by atoms with Gasteiger partial charge < -0.3 is 0 Å². The van der Waals surface area contributed by atoms with Gasteiger partial charge in [-0.3, -0.25) is 0 Å². The zero-order chi connectivity index (χ0) is 7.68. The maximum absolute atomic E-state index is 8.95. The minimum absolute atomic E-state index is 0.428. The minimum atomic E-state index is 0.428. The van der Waals surface area contributed by atoms with Gasteiger partial charge >= 0.3 is 0 Å². The molecule has 0 unspecified atom stereocenters. The van der Waals surface area contributed by atoms with Crippen molar-refractivity contribution in [2.45, 2.75) is 38.5 Å². The molecule has 0 atom stereocenters. The van der Waals surface area contributed by atoms with Crippen LogP contribution in [-0.2, 0) is 0 Å². The second kappa shape index (κ2) is 2.85. The predicted octanol–water partition coefficient (Wildman–Crippen LogP) is 2.73. The predicted molar refractivity (Wildman–Crippen MR) is 43.8 cm³/mol. The summed E-state index contributed by atoms with van der Waals surface area (Å²) < 4.78 is 0. The van der Waals surface area contributed by atoms with Crippen molar-refractivity contribution in [3.05, 3.63) is 0 Å². The Kier molecular flexibility index (Phi) is 1.85. The highest BCUT2D eigenvalue weighted by Gasteiger charge is 2.35. The third-order valence-electron chi connectivity index (χ3n) is 3.46. The molecule has 60 valence electrons. The van der Waals surface area contributed by atoms with E-state index in [1.165, 1.54) is 38.5 Å². The zero-order valence-electron chi connectivity index (χ0n) is 6.92. The minimum Gasteiger partial charge on any atom is -0.198 e. The molecule has 0 aromatic heterocycles. The van der Waals surface area contributed by atoms with E-state index < -0.39 is 0 Å². The van der Waals surface area contributed by atoms with Crippen LogP contribution in [0.3, 0.4) is 0 Å². The second-order valence-corrected chi connectivity index (χ2v) is 4.04. The lowest BCUT2D eigenvalue weighted by Crippen LogP contribution is -2.31. The quantitative estimate of drug-likeness (QED) is 0.592. The van der Waals surface area contributed by atoms with Gasteiger partial charge in [-0.2, -0.15) is 5.26 Å². The molecule has 11 heavy (non-hydrogen) atoms. The first-order chi connectivity index (χ1) is 5.42. The maximum Gasteiger partial charge on any atom is 0.0661 e. The van der Waals surface area contributed by atoms with Crippen LogP contribution in [0.5, 0.6) is 0 Å². The second-order valence-electron chi connectivity index (χ2n) is 4.04. The van der Waals surface area contributed by atoms with Crippen LogP contribution in [0.2, 0.25) is 0 Å². The zero-order valence-corrected chi connectivity index (χ0v) is 6.92. The van der Waals surface area contributed by atoms with Crippen molar-refractivity contribution in [3.8, 4) is 6.07 Å². The van der Waals surface area contributed by atoms with Gasteiger partial charge in [0.25, 0.3) is 0 Å². The lowest BCUT2D eigenvalue weighted by molar-refractivity contribution is 0.134. The van der Waals surface area contributed by atoms with E-state index in [9.17, 15) is 0 Å². The van der Waals surface area contributed by atoms with E-state index in [1.807, 2.05) is 0 Å². The molecule has 1 nitrogen and oxygen atoms in total. The summed E-state index contributed by atoms with van der Waals surface area (Å²) in [6, 6.07) is 2.51. The van der Waals surface area contributed by atoms with Gasteiger partial charge in [0.05, 0.1) is 12.0 Å². The normalized spacial score (nSPS) is 25.8. The van der Waals surface area contributed by atoms with E-state index in [0.29, 0.717) is 5.92 Å². The van der Waals surface area contributed by atoms with Crippen LogP contribution in [0.1, 0.15) is 38.5 Å². The summed E-state index contributed by atoms with van der Waals surface area (Å²) in [4.78, 5) is 0. The highest BCUT2D eigenvalue weighted by atomic mass is 14.4. The van der Waals surface area contributed by atoms with Crippen LogP contribution in [0.25, 0.3) is 0 Å². The molecule has 0 heterocycles. The molecule has 2 saturated carbocycles. The Hall–Kier alpha value is -0.510. The fourth-order valence-corrected chi connectivity index (χ4v) is 2.19. The molecule has 0 spiro atoms. The fraction of sp³-hybridized carbons (Fsp3) is 0.900. The van der Waals surface area contributed by atoms with Crippen LogP contribution < -0.4 is 0 Å². The van der Waals surface area contributed by atoms with Crippen molar-refractivity contribution >= 4 is 0 Å². The molecule has 1 heteroatoms. The molecule has 0 amide bonds. The van der Waals surface area contributed by atoms with Gasteiger partial charge in [-0.1, -0.05) is 12.8 Å². The number of hydrogen-bond acceptors (Lipinski definition) is 1. The van der Waals surface area contributed by atoms with Crippen LogP contribution in [-0.4, -0.2) is 0 Å². The molecule has 2 aliphatic carbocycles. The van der Waals surface area contributed by atoms with E-state index in [0.717, 1.165) is 11.8 Å². The fourth-order valence-electron chi connectivity index (χ4n) is 2.19. The number of rotatable bonds is 2. The number of hydrogen-bond donors (Lipinski definition) is 0. The maximum atomic E-state index is 8.95. The molecule has 0 aromatic carbocycles. The summed E-state index contributed by atoms with van der Waals surface area (Å²) >= 11 is 0. The molecule has 2 aliphatic rings. The van der Waals surface area contributed by atoms with Gasteiger partial charge in [-0.25, -0.2) is 0 Å². The Labute approximate surface area is 68.4 Å². The van der Waals surface area contributed by atoms with E-state index in [4.69, 9.17) is 5.26 Å². The highest BCUT2D eigenvalue weighted by Crippen LogP contribution is 2.43. The van der Waals surface area contributed by atoms with Gasteiger partial charge in [-0.05, 0) is 37.5 Å². The third kappa shape index (κ3) is 1.15. The van der Waals surface area contributed by atoms with E-state index in [1.54, 1.807) is 0 Å². The Morgan fingerprint density at radius 2 is 1.45 bits per heavy atom. The largest absolute Gasteiger partial charge is 0.198 e. The summed E-state index contributed by atoms with van der Waals surface area (Å²) in [6.07, 6.45) is 8.05. The first kappa shape index (κ1) is 7.16. The lowest BCUT2D eigenvalue weighted by Gasteiger charge is -2.38. The lowest BCUT2D eigenvalue weighted by atomic mass is 9.65. The summed E-state index contributed by atoms with van der Waals surface area (Å²) in [6.45, 7) is 0. The van der Waals surface area contributed by atoms with Crippen molar-refractivity contribution < 1.29 is 0 Å². The summed E-state index contributed by atoms with van der Waals surface area (Å²) in [5, 5.41) is 8.95.